The fourth-order valence-corrected chi connectivity index (χ4v) is 9.97. The molecule has 9 amide bonds. The number of benzene rings is 1. The maximum atomic E-state index is 14.9. The third-order valence-corrected chi connectivity index (χ3v) is 14.3. The summed E-state index contributed by atoms with van der Waals surface area (Å²) in [5.74, 6) is -11.2. The molecule has 15 N–H and O–H groups in total. The first-order valence-corrected chi connectivity index (χ1v) is 25.0. The van der Waals surface area contributed by atoms with Gasteiger partial charge in [-0.2, -0.15) is 0 Å². The molecule has 1 aromatic heterocycles. The number of amides is 9. The van der Waals surface area contributed by atoms with E-state index in [-0.39, 0.29) is 10.6 Å². The van der Waals surface area contributed by atoms with Gasteiger partial charge < -0.3 is 78.6 Å². The van der Waals surface area contributed by atoms with Gasteiger partial charge in [0.25, 0.3) is 0 Å². The molecule has 11 atom stereocenters. The maximum absolute atomic E-state index is 14.9. The fraction of sp³-hybridized carbons (Fsp3) is 0.622. The molecular weight excluding hydrogens is 951 g/mol. The van der Waals surface area contributed by atoms with Crippen molar-refractivity contribution in [1.82, 2.24) is 47.1 Å². The average Bonchev–Trinajstić information content (AvgIpc) is 3.91. The minimum atomic E-state index is -2.36. The molecule has 3 aliphatic rings. The van der Waals surface area contributed by atoms with E-state index in [2.05, 4.69) is 42.2 Å². The number of carbonyl (C=O) groups is 9. The Kier molecular flexibility index (Phi) is 20.2. The molecule has 5 rings (SSSR count). The van der Waals surface area contributed by atoms with Gasteiger partial charge in [0, 0.05) is 36.8 Å². The first kappa shape index (κ1) is 55.7. The Morgan fingerprint density at radius 3 is 2.23 bits per heavy atom. The van der Waals surface area contributed by atoms with E-state index in [1.54, 1.807) is 32.0 Å². The summed E-state index contributed by atoms with van der Waals surface area (Å²) >= 11 is 0. The van der Waals surface area contributed by atoms with Gasteiger partial charge in [0.2, 0.25) is 53.2 Å². The zero-order valence-corrected chi connectivity index (χ0v) is 40.8. The van der Waals surface area contributed by atoms with E-state index in [1.165, 1.54) is 6.92 Å². The molecule has 0 saturated carbocycles. The summed E-state index contributed by atoms with van der Waals surface area (Å²) in [6.07, 6.45) is -1.00. The highest BCUT2D eigenvalue weighted by atomic mass is 32.2. The van der Waals surface area contributed by atoms with E-state index in [9.17, 15) is 62.7 Å². The summed E-state index contributed by atoms with van der Waals surface area (Å²) in [7, 11) is -2.36. The molecule has 2 bridgehead atoms. The third-order valence-electron chi connectivity index (χ3n) is 12.9. The lowest BCUT2D eigenvalue weighted by molar-refractivity contribution is -0.144. The number of ether oxygens (including phenoxy) is 1. The van der Waals surface area contributed by atoms with E-state index >= 15 is 0 Å². The van der Waals surface area contributed by atoms with Gasteiger partial charge in [0.1, 0.15) is 47.0 Å². The monoisotopic (exact) mass is 1020 g/mol. The highest BCUT2D eigenvalue weighted by molar-refractivity contribution is 7.85. The van der Waals surface area contributed by atoms with Crippen LogP contribution in [0.25, 0.3) is 10.9 Å². The minimum Gasteiger partial charge on any atom is -0.494 e. The number of aromatic amines is 1. The average molecular weight is 1020 g/mol. The number of aliphatic hydroxyl groups excluding tert-OH is 3. The molecule has 0 spiro atoms. The van der Waals surface area contributed by atoms with Crippen LogP contribution in [0.5, 0.6) is 5.75 Å². The Morgan fingerprint density at radius 1 is 0.859 bits per heavy atom. The minimum absolute atomic E-state index is 0.102. The van der Waals surface area contributed by atoms with Crippen molar-refractivity contribution in [2.24, 2.45) is 23.3 Å². The molecule has 25 nitrogen and oxygen atoms in total. The number of hydrogen-bond donors (Lipinski definition) is 13. The summed E-state index contributed by atoms with van der Waals surface area (Å²) in [6, 6.07) is -5.04. The number of nitrogens with one attached hydrogen (secondary N) is 8. The van der Waals surface area contributed by atoms with Crippen LogP contribution in [-0.4, -0.2) is 176 Å². The van der Waals surface area contributed by atoms with Crippen LogP contribution in [0.3, 0.4) is 0 Å². The first-order valence-electron chi connectivity index (χ1n) is 23.7. The van der Waals surface area contributed by atoms with E-state index < -0.39 is 176 Å². The molecule has 2 aromatic rings. The van der Waals surface area contributed by atoms with Crippen molar-refractivity contribution in [3.8, 4) is 5.75 Å². The van der Waals surface area contributed by atoms with Crippen LogP contribution in [0.2, 0.25) is 0 Å². The van der Waals surface area contributed by atoms with Gasteiger partial charge >= 0.3 is 0 Å². The molecule has 3 aliphatic heterocycles. The van der Waals surface area contributed by atoms with Crippen molar-refractivity contribution >= 4 is 74.9 Å². The summed E-state index contributed by atoms with van der Waals surface area (Å²) in [5.41, 5.74) is 11.6. The molecule has 4 unspecified atom stereocenters. The molecule has 26 heteroatoms. The van der Waals surface area contributed by atoms with Gasteiger partial charge in [0.15, 0.2) is 0 Å². The second-order valence-corrected chi connectivity index (χ2v) is 19.6. The highest BCUT2D eigenvalue weighted by Crippen LogP contribution is 2.31. The Hall–Kier alpha value is -6.22. The van der Waals surface area contributed by atoms with Crippen molar-refractivity contribution in [2.75, 3.05) is 45.1 Å². The number of nitrogens with two attached hydrogens (primary N) is 2. The predicted octanol–water partition coefficient (Wildman–Crippen LogP) is -4.73. The highest BCUT2D eigenvalue weighted by Gasteiger charge is 2.45. The molecule has 4 heterocycles. The third kappa shape index (κ3) is 14.7. The van der Waals surface area contributed by atoms with Gasteiger partial charge in [-0.15, -0.1) is 0 Å². The lowest BCUT2D eigenvalue weighted by Gasteiger charge is -2.32. The maximum Gasteiger partial charge on any atom is 0.246 e. The topological polar surface area (TPSA) is 396 Å². The summed E-state index contributed by atoms with van der Waals surface area (Å²) in [5, 5.41) is 49.2. The molecular formula is C45H67N11O14S. The van der Waals surface area contributed by atoms with Gasteiger partial charge in [-0.3, -0.25) is 47.4 Å². The van der Waals surface area contributed by atoms with Crippen LogP contribution < -0.4 is 53.4 Å². The van der Waals surface area contributed by atoms with Gasteiger partial charge in [-0.05, 0) is 43.0 Å². The van der Waals surface area contributed by atoms with Crippen molar-refractivity contribution in [3.63, 3.8) is 0 Å². The number of hydrogen-bond acceptors (Lipinski definition) is 15. The number of unbranched alkanes of at least 4 members (excludes halogenated alkanes) is 3. The number of aliphatic hydroxyl groups is 3. The number of aromatic nitrogens is 1. The zero-order chi connectivity index (χ0) is 52.1. The van der Waals surface area contributed by atoms with Crippen LogP contribution >= 0.6 is 0 Å². The lowest BCUT2D eigenvalue weighted by atomic mass is 9.93. The van der Waals surface area contributed by atoms with Crippen molar-refractivity contribution in [3.05, 3.63) is 23.8 Å². The quantitative estimate of drug-likeness (QED) is 0.0791. The second-order valence-electron chi connectivity index (χ2n) is 18.2. The molecule has 0 radical (unpaired) electrons. The molecule has 1 saturated heterocycles. The Balaban J connectivity index is 1.72. The zero-order valence-electron chi connectivity index (χ0n) is 40.0. The largest absolute Gasteiger partial charge is 0.494 e. The summed E-state index contributed by atoms with van der Waals surface area (Å²) in [6.45, 7) is 2.75. The number of carbonyl (C=O) groups excluding carboxylic acids is 9. The van der Waals surface area contributed by atoms with Crippen LogP contribution in [0, 0.1) is 11.8 Å². The second kappa shape index (κ2) is 25.8. The van der Waals surface area contributed by atoms with Crippen LogP contribution in [0.15, 0.2) is 23.2 Å². The van der Waals surface area contributed by atoms with E-state index in [0.717, 1.165) is 30.6 Å². The van der Waals surface area contributed by atoms with Crippen LogP contribution in [0.1, 0.15) is 71.3 Å². The van der Waals surface area contributed by atoms with Gasteiger partial charge in [-0.1, -0.05) is 40.0 Å². The standard InChI is InChI=1S/C45H67N11O14S/c1-4-22(2)37-42(66)49-17-35(61)50-31-21-71(69)44-27(26-10-9-25(14-28(26)53-44)70-12-8-6-5-7-11-46)15-29(39(63)48-18-36(62)54-37)51-43(67)38(23(3)33(59)20-57)55-41(65)32-13-24(58)19-56(32)45(68)30(16-34(47)60)52-40(31)64/h9-10,14,22-24,29-33,37-38,53,57-59H,4-8,11-13,15-21,46H2,1-3H3,(H2,47,60)(H,48,63)(H,49,66)(H,50,61)(H,51,67)(H,52,64)(H,54,62)(H,55,65)/t22-,23-,24?,29?,30-,31?,32-,33-,37-,38-,71?/m0/s1. The van der Waals surface area contributed by atoms with E-state index in [0.29, 0.717) is 36.2 Å². The molecule has 1 aromatic carbocycles. The number of rotatable bonds is 14. The Morgan fingerprint density at radius 2 is 1.55 bits per heavy atom. The number of H-pyrrole nitrogens is 1. The smallest absolute Gasteiger partial charge is 0.246 e. The first-order chi connectivity index (χ1) is 33.8. The summed E-state index contributed by atoms with van der Waals surface area (Å²) < 4.78 is 20.9. The molecule has 0 aliphatic carbocycles. The normalized spacial score (nSPS) is 26.8. The number of fused-ring (bicyclic) bond motifs is 5. The summed E-state index contributed by atoms with van der Waals surface area (Å²) in [4.78, 5) is 129. The van der Waals surface area contributed by atoms with Crippen LogP contribution in [-0.2, 0) is 60.4 Å². The van der Waals surface area contributed by atoms with Gasteiger partial charge in [0.05, 0.1) is 67.0 Å². The molecule has 1 fully saturated rings. The fourth-order valence-electron chi connectivity index (χ4n) is 8.57. The van der Waals surface area contributed by atoms with Crippen LogP contribution in [0.4, 0.5) is 0 Å². The number of primary amides is 1. The predicted molar refractivity (Wildman–Crippen MR) is 254 cm³/mol. The molecule has 71 heavy (non-hydrogen) atoms. The van der Waals surface area contributed by atoms with Gasteiger partial charge in [-0.25, -0.2) is 0 Å². The SMILES string of the molecule is CC[C@H](C)[C@@H]1NC(=O)CNC(=O)C2Cc3c([nH]c4cc(OCCCCCCN)ccc34)S(=O)CC(NC(=O)CNC1=O)C(=O)N[C@@H](CC(N)=O)C(=O)N1CC(O)C[C@H]1C(=O)N[C@@H]([C@@H](C)[C@@H](O)CO)C(=O)N2. The molecule has 392 valence electrons. The van der Waals surface area contributed by atoms with Crippen molar-refractivity contribution in [1.29, 1.82) is 0 Å². The van der Waals surface area contributed by atoms with Crippen molar-refractivity contribution in [2.45, 2.75) is 126 Å². The Labute approximate surface area is 411 Å². The van der Waals surface area contributed by atoms with Crippen molar-refractivity contribution < 1.29 is 67.4 Å². The van der Waals surface area contributed by atoms with E-state index in [1.807, 2.05) is 0 Å². The lowest BCUT2D eigenvalue weighted by Crippen LogP contribution is -2.62. The Bertz CT molecular complexity index is 2330. The number of nitrogens with zero attached hydrogens (tertiary/aromatic N) is 1. The van der Waals surface area contributed by atoms with E-state index in [4.69, 9.17) is 16.2 Å².